The van der Waals surface area contributed by atoms with Crippen molar-refractivity contribution in [3.05, 3.63) is 49.8 Å². The Bertz CT molecular complexity index is 628. The van der Waals surface area contributed by atoms with Gasteiger partial charge in [0.2, 0.25) is 0 Å². The summed E-state index contributed by atoms with van der Waals surface area (Å²) >= 11 is 3.45. The number of nitrogens with zero attached hydrogens (tertiary/aromatic N) is 1. The van der Waals surface area contributed by atoms with Gasteiger partial charge in [-0.3, -0.25) is 9.89 Å². The summed E-state index contributed by atoms with van der Waals surface area (Å²) in [5, 5.41) is 3.09. The molecule has 0 atom stereocenters. The molecule has 2 rings (SSSR count). The Morgan fingerprint density at radius 3 is 2.72 bits per heavy atom. The molecule has 4 nitrogen and oxygen atoms in total. The SMILES string of the molecule is Cc1cc(-n2[nH]c(C)c(CCN)c2=O)ccc1Br. The highest BCUT2D eigenvalue weighted by Crippen LogP contribution is 2.18. The van der Waals surface area contributed by atoms with Crippen LogP contribution < -0.4 is 11.3 Å². The van der Waals surface area contributed by atoms with Crippen molar-refractivity contribution in [1.29, 1.82) is 0 Å². The number of halogens is 1. The average Bonchev–Trinajstić information content (AvgIpc) is 2.61. The third kappa shape index (κ3) is 2.28. The third-order valence-electron chi connectivity index (χ3n) is 2.99. The van der Waals surface area contributed by atoms with Gasteiger partial charge in [-0.2, -0.15) is 0 Å². The van der Waals surface area contributed by atoms with E-state index in [1.165, 1.54) is 0 Å². The molecular weight excluding hydrogens is 294 g/mol. The molecule has 0 aliphatic carbocycles. The molecular formula is C13H16BrN3O. The van der Waals surface area contributed by atoms with Gasteiger partial charge in [0.25, 0.3) is 5.56 Å². The van der Waals surface area contributed by atoms with Gasteiger partial charge in [0.05, 0.1) is 5.69 Å². The fourth-order valence-corrected chi connectivity index (χ4v) is 2.22. The lowest BCUT2D eigenvalue weighted by Gasteiger charge is -2.04. The summed E-state index contributed by atoms with van der Waals surface area (Å²) in [5.41, 5.74) is 9.08. The Balaban J connectivity index is 2.54. The van der Waals surface area contributed by atoms with Crippen LogP contribution in [0.2, 0.25) is 0 Å². The van der Waals surface area contributed by atoms with Gasteiger partial charge in [-0.05, 0) is 50.6 Å². The fraction of sp³-hybridized carbons (Fsp3) is 0.308. The van der Waals surface area contributed by atoms with Crippen molar-refractivity contribution in [2.45, 2.75) is 20.3 Å². The molecule has 0 amide bonds. The second-order valence-electron chi connectivity index (χ2n) is 4.33. The van der Waals surface area contributed by atoms with Gasteiger partial charge in [-0.1, -0.05) is 15.9 Å². The van der Waals surface area contributed by atoms with Gasteiger partial charge in [0, 0.05) is 15.7 Å². The van der Waals surface area contributed by atoms with Crippen LogP contribution in [0.4, 0.5) is 0 Å². The molecule has 5 heteroatoms. The van der Waals surface area contributed by atoms with Gasteiger partial charge in [-0.25, -0.2) is 4.68 Å². The predicted octanol–water partition coefficient (Wildman–Crippen LogP) is 2.05. The number of hydrogen-bond acceptors (Lipinski definition) is 2. The molecule has 0 fully saturated rings. The van der Waals surface area contributed by atoms with Crippen LogP contribution in [-0.2, 0) is 6.42 Å². The molecule has 0 radical (unpaired) electrons. The molecule has 1 heterocycles. The zero-order valence-electron chi connectivity index (χ0n) is 10.5. The summed E-state index contributed by atoms with van der Waals surface area (Å²) in [4.78, 5) is 12.2. The second kappa shape index (κ2) is 5.12. The van der Waals surface area contributed by atoms with E-state index in [1.54, 1.807) is 4.68 Å². The predicted molar refractivity (Wildman–Crippen MR) is 76.3 cm³/mol. The summed E-state index contributed by atoms with van der Waals surface area (Å²) in [7, 11) is 0. The Labute approximate surface area is 114 Å². The number of nitrogens with one attached hydrogen (secondary N) is 1. The summed E-state index contributed by atoms with van der Waals surface area (Å²) in [6.45, 7) is 4.37. The van der Waals surface area contributed by atoms with Crippen LogP contribution in [-0.4, -0.2) is 16.3 Å². The van der Waals surface area contributed by atoms with Crippen molar-refractivity contribution in [2.75, 3.05) is 6.54 Å². The molecule has 1 aromatic carbocycles. The maximum atomic E-state index is 12.2. The first kappa shape index (κ1) is 13.1. The number of hydrogen-bond donors (Lipinski definition) is 2. The van der Waals surface area contributed by atoms with E-state index in [0.29, 0.717) is 13.0 Å². The van der Waals surface area contributed by atoms with E-state index in [2.05, 4.69) is 21.0 Å². The molecule has 3 N–H and O–H groups in total. The van der Waals surface area contributed by atoms with Crippen LogP contribution in [0.3, 0.4) is 0 Å². The van der Waals surface area contributed by atoms with E-state index in [0.717, 1.165) is 27.0 Å². The van der Waals surface area contributed by atoms with Gasteiger partial charge in [-0.15, -0.1) is 0 Å². The van der Waals surface area contributed by atoms with Crippen LogP contribution in [0.25, 0.3) is 5.69 Å². The smallest absolute Gasteiger partial charge is 0.274 e. The van der Waals surface area contributed by atoms with Gasteiger partial charge in [0.1, 0.15) is 0 Å². The molecule has 96 valence electrons. The molecule has 2 aromatic rings. The number of rotatable bonds is 3. The summed E-state index contributed by atoms with van der Waals surface area (Å²) in [6, 6.07) is 5.81. The monoisotopic (exact) mass is 309 g/mol. The zero-order valence-corrected chi connectivity index (χ0v) is 12.0. The van der Waals surface area contributed by atoms with Crippen molar-refractivity contribution >= 4 is 15.9 Å². The van der Waals surface area contributed by atoms with E-state index in [1.807, 2.05) is 32.0 Å². The Hall–Kier alpha value is -1.33. The molecule has 1 aromatic heterocycles. The lowest BCUT2D eigenvalue weighted by molar-refractivity contribution is 0.832. The van der Waals surface area contributed by atoms with E-state index < -0.39 is 0 Å². The Morgan fingerprint density at radius 1 is 1.39 bits per heavy atom. The maximum Gasteiger partial charge on any atom is 0.274 e. The third-order valence-corrected chi connectivity index (χ3v) is 3.88. The molecule has 0 bridgehead atoms. The minimum absolute atomic E-state index is 0.0142. The first-order valence-electron chi connectivity index (χ1n) is 5.81. The fourth-order valence-electron chi connectivity index (χ4n) is 1.97. The molecule has 0 aliphatic rings. The van der Waals surface area contributed by atoms with Crippen molar-refractivity contribution in [2.24, 2.45) is 5.73 Å². The molecule has 0 aliphatic heterocycles. The van der Waals surface area contributed by atoms with Crippen molar-refractivity contribution in [1.82, 2.24) is 9.78 Å². The standard InChI is InChI=1S/C13H16BrN3O/c1-8-7-10(3-4-12(8)14)17-13(18)11(5-6-15)9(2)16-17/h3-4,7,16H,5-6,15H2,1-2H3. The maximum absolute atomic E-state index is 12.2. The number of aryl methyl sites for hydroxylation is 2. The zero-order chi connectivity index (χ0) is 13.3. The lowest BCUT2D eigenvalue weighted by atomic mass is 10.2. The molecule has 0 saturated carbocycles. The van der Waals surface area contributed by atoms with Gasteiger partial charge < -0.3 is 5.73 Å². The van der Waals surface area contributed by atoms with Gasteiger partial charge >= 0.3 is 0 Å². The Kier molecular flexibility index (Phi) is 3.73. The number of benzene rings is 1. The van der Waals surface area contributed by atoms with Crippen LogP contribution in [0, 0.1) is 13.8 Å². The van der Waals surface area contributed by atoms with E-state index >= 15 is 0 Å². The number of H-pyrrole nitrogens is 1. The van der Waals surface area contributed by atoms with Crippen molar-refractivity contribution < 1.29 is 0 Å². The Morgan fingerprint density at radius 2 is 2.11 bits per heavy atom. The minimum atomic E-state index is -0.0142. The summed E-state index contributed by atoms with van der Waals surface area (Å²) < 4.78 is 2.60. The number of nitrogens with two attached hydrogens (primary N) is 1. The van der Waals surface area contributed by atoms with Crippen molar-refractivity contribution in [3.8, 4) is 5.69 Å². The lowest BCUT2D eigenvalue weighted by Crippen LogP contribution is -2.19. The van der Waals surface area contributed by atoms with E-state index in [9.17, 15) is 4.79 Å². The summed E-state index contributed by atoms with van der Waals surface area (Å²) in [6.07, 6.45) is 0.601. The molecule has 0 saturated heterocycles. The van der Waals surface area contributed by atoms with Crippen LogP contribution in [0.1, 0.15) is 16.8 Å². The highest BCUT2D eigenvalue weighted by molar-refractivity contribution is 9.10. The minimum Gasteiger partial charge on any atom is -0.330 e. The summed E-state index contributed by atoms with van der Waals surface area (Å²) in [5.74, 6) is 0. The first-order chi connectivity index (χ1) is 8.54. The number of aromatic amines is 1. The molecule has 18 heavy (non-hydrogen) atoms. The van der Waals surface area contributed by atoms with E-state index in [-0.39, 0.29) is 5.56 Å². The number of aromatic nitrogens is 2. The molecule has 0 spiro atoms. The molecule has 0 unspecified atom stereocenters. The van der Waals surface area contributed by atoms with Crippen molar-refractivity contribution in [3.63, 3.8) is 0 Å². The van der Waals surface area contributed by atoms with E-state index in [4.69, 9.17) is 5.73 Å². The second-order valence-corrected chi connectivity index (χ2v) is 5.18. The van der Waals surface area contributed by atoms with Gasteiger partial charge in [0.15, 0.2) is 0 Å². The average molecular weight is 310 g/mol. The topological polar surface area (TPSA) is 63.8 Å². The van der Waals surface area contributed by atoms with Crippen LogP contribution in [0.5, 0.6) is 0 Å². The van der Waals surface area contributed by atoms with Crippen LogP contribution in [0.15, 0.2) is 27.5 Å². The van der Waals surface area contributed by atoms with Crippen LogP contribution >= 0.6 is 15.9 Å². The normalized spacial score (nSPS) is 10.9. The highest BCUT2D eigenvalue weighted by atomic mass is 79.9. The highest BCUT2D eigenvalue weighted by Gasteiger charge is 2.11. The first-order valence-corrected chi connectivity index (χ1v) is 6.61. The quantitative estimate of drug-likeness (QED) is 0.911. The largest absolute Gasteiger partial charge is 0.330 e.